The monoisotopic (exact) mass is 156 g/mol. The van der Waals surface area contributed by atoms with Gasteiger partial charge < -0.3 is 10.3 Å². The number of hydrazine groups is 2. The van der Waals surface area contributed by atoms with Crippen molar-refractivity contribution in [2.45, 2.75) is 6.42 Å². The van der Waals surface area contributed by atoms with E-state index in [0.717, 1.165) is 13.1 Å². The molecule has 0 amide bonds. The Hall–Kier alpha value is -0.740. The van der Waals surface area contributed by atoms with Crippen LogP contribution < -0.4 is 11.0 Å². The summed E-state index contributed by atoms with van der Waals surface area (Å²) in [5, 5.41) is 2.03. The average molecular weight is 156 g/mol. The van der Waals surface area contributed by atoms with E-state index in [9.17, 15) is 0 Å². The van der Waals surface area contributed by atoms with Gasteiger partial charge >= 0.3 is 0 Å². The SMILES string of the molecule is CN(C)CCCN1C=CNN1. The third kappa shape index (κ3) is 3.25. The first-order chi connectivity index (χ1) is 5.29. The highest BCUT2D eigenvalue weighted by atomic mass is 15.7. The average Bonchev–Trinajstić information content (AvgIpc) is 2.39. The highest BCUT2D eigenvalue weighted by Gasteiger charge is 2.00. The number of nitrogens with one attached hydrogen (secondary N) is 2. The first-order valence-corrected chi connectivity index (χ1v) is 3.88. The topological polar surface area (TPSA) is 30.5 Å². The second-order valence-electron chi connectivity index (χ2n) is 2.92. The van der Waals surface area contributed by atoms with E-state index in [1.165, 1.54) is 6.42 Å². The van der Waals surface area contributed by atoms with Crippen LogP contribution in [0.15, 0.2) is 12.4 Å². The molecule has 0 saturated heterocycles. The van der Waals surface area contributed by atoms with E-state index in [-0.39, 0.29) is 0 Å². The van der Waals surface area contributed by atoms with Crippen molar-refractivity contribution in [3.63, 3.8) is 0 Å². The normalized spacial score (nSPS) is 16.1. The summed E-state index contributed by atoms with van der Waals surface area (Å²) in [5.74, 6) is 0. The fourth-order valence-electron chi connectivity index (χ4n) is 0.972. The van der Waals surface area contributed by atoms with Crippen molar-refractivity contribution in [2.75, 3.05) is 27.2 Å². The van der Waals surface area contributed by atoms with Gasteiger partial charge in [0.25, 0.3) is 0 Å². The summed E-state index contributed by atoms with van der Waals surface area (Å²) in [6.45, 7) is 2.17. The predicted molar refractivity (Wildman–Crippen MR) is 45.3 cm³/mol. The molecule has 0 saturated carbocycles. The van der Waals surface area contributed by atoms with Gasteiger partial charge in [-0.3, -0.25) is 5.01 Å². The Morgan fingerprint density at radius 3 is 2.82 bits per heavy atom. The van der Waals surface area contributed by atoms with Crippen LogP contribution in [0.3, 0.4) is 0 Å². The highest BCUT2D eigenvalue weighted by Crippen LogP contribution is 1.92. The molecule has 0 spiro atoms. The summed E-state index contributed by atoms with van der Waals surface area (Å²) in [4.78, 5) is 2.19. The molecule has 1 aliphatic heterocycles. The van der Waals surface area contributed by atoms with Gasteiger partial charge in [-0.2, -0.15) is 0 Å². The van der Waals surface area contributed by atoms with Gasteiger partial charge in [0.2, 0.25) is 0 Å². The second-order valence-corrected chi connectivity index (χ2v) is 2.92. The van der Waals surface area contributed by atoms with Crippen molar-refractivity contribution in [3.8, 4) is 0 Å². The Morgan fingerprint density at radius 2 is 2.27 bits per heavy atom. The maximum absolute atomic E-state index is 2.98. The third-order valence-corrected chi connectivity index (χ3v) is 1.55. The van der Waals surface area contributed by atoms with Gasteiger partial charge in [0.15, 0.2) is 0 Å². The summed E-state index contributed by atoms with van der Waals surface area (Å²) >= 11 is 0. The van der Waals surface area contributed by atoms with Gasteiger partial charge in [0, 0.05) is 18.9 Å². The molecule has 64 valence electrons. The lowest BCUT2D eigenvalue weighted by Gasteiger charge is -2.16. The van der Waals surface area contributed by atoms with Crippen LogP contribution >= 0.6 is 0 Å². The molecule has 4 heteroatoms. The zero-order chi connectivity index (χ0) is 8.10. The van der Waals surface area contributed by atoms with E-state index in [4.69, 9.17) is 0 Å². The minimum Gasteiger partial charge on any atom is -0.310 e. The lowest BCUT2D eigenvalue weighted by Crippen LogP contribution is -2.36. The molecule has 0 bridgehead atoms. The fourth-order valence-corrected chi connectivity index (χ4v) is 0.972. The summed E-state index contributed by atoms with van der Waals surface area (Å²) in [6, 6.07) is 0. The molecule has 0 unspecified atom stereocenters. The molecule has 1 rings (SSSR count). The van der Waals surface area contributed by atoms with Crippen LogP contribution in [0.1, 0.15) is 6.42 Å². The van der Waals surface area contributed by atoms with Crippen LogP contribution in [0.5, 0.6) is 0 Å². The molecule has 4 nitrogen and oxygen atoms in total. The molecule has 11 heavy (non-hydrogen) atoms. The van der Waals surface area contributed by atoms with Crippen LogP contribution in [-0.4, -0.2) is 37.1 Å². The molecule has 0 aromatic heterocycles. The lowest BCUT2D eigenvalue weighted by molar-refractivity contribution is 0.254. The molecular formula is C7H16N4. The van der Waals surface area contributed by atoms with Crippen molar-refractivity contribution in [2.24, 2.45) is 0 Å². The first kappa shape index (κ1) is 8.36. The van der Waals surface area contributed by atoms with E-state index in [2.05, 4.69) is 30.0 Å². The first-order valence-electron chi connectivity index (χ1n) is 3.88. The van der Waals surface area contributed by atoms with Gasteiger partial charge in [0.05, 0.1) is 0 Å². The fraction of sp³-hybridized carbons (Fsp3) is 0.714. The van der Waals surface area contributed by atoms with E-state index in [1.807, 2.05) is 17.4 Å². The Labute approximate surface area is 67.8 Å². The van der Waals surface area contributed by atoms with Gasteiger partial charge in [-0.1, -0.05) is 0 Å². The van der Waals surface area contributed by atoms with Gasteiger partial charge in [-0.15, -0.1) is 5.53 Å². The van der Waals surface area contributed by atoms with Crippen molar-refractivity contribution >= 4 is 0 Å². The number of hydrogen-bond acceptors (Lipinski definition) is 4. The van der Waals surface area contributed by atoms with E-state index >= 15 is 0 Å². The second kappa shape index (κ2) is 4.20. The third-order valence-electron chi connectivity index (χ3n) is 1.55. The molecule has 0 fully saturated rings. The van der Waals surface area contributed by atoms with Crippen LogP contribution in [-0.2, 0) is 0 Å². The van der Waals surface area contributed by atoms with E-state index in [1.54, 1.807) is 0 Å². The summed E-state index contributed by atoms with van der Waals surface area (Å²) < 4.78 is 0. The number of nitrogens with zero attached hydrogens (tertiary/aromatic N) is 2. The Bertz CT molecular complexity index is 132. The van der Waals surface area contributed by atoms with Crippen LogP contribution in [0.25, 0.3) is 0 Å². The molecule has 0 aliphatic carbocycles. The van der Waals surface area contributed by atoms with Gasteiger partial charge in [-0.05, 0) is 27.1 Å². The molecule has 0 radical (unpaired) electrons. The Balaban J connectivity index is 1.98. The van der Waals surface area contributed by atoms with Crippen LogP contribution in [0, 0.1) is 0 Å². The molecule has 0 atom stereocenters. The molecule has 1 heterocycles. The van der Waals surface area contributed by atoms with Gasteiger partial charge in [0.1, 0.15) is 0 Å². The lowest BCUT2D eigenvalue weighted by atomic mass is 10.4. The largest absolute Gasteiger partial charge is 0.310 e. The van der Waals surface area contributed by atoms with Crippen molar-refractivity contribution < 1.29 is 0 Å². The van der Waals surface area contributed by atoms with Crippen LogP contribution in [0.4, 0.5) is 0 Å². The highest BCUT2D eigenvalue weighted by molar-refractivity contribution is 4.82. The van der Waals surface area contributed by atoms with Crippen molar-refractivity contribution in [1.82, 2.24) is 20.9 Å². The quantitative estimate of drug-likeness (QED) is 0.587. The van der Waals surface area contributed by atoms with Crippen molar-refractivity contribution in [3.05, 3.63) is 12.4 Å². The zero-order valence-corrected chi connectivity index (χ0v) is 7.17. The van der Waals surface area contributed by atoms with E-state index in [0.29, 0.717) is 0 Å². The minimum atomic E-state index is 1.04. The predicted octanol–water partition coefficient (Wildman–Crippen LogP) is -0.266. The van der Waals surface area contributed by atoms with E-state index < -0.39 is 0 Å². The zero-order valence-electron chi connectivity index (χ0n) is 7.17. The molecule has 2 N–H and O–H groups in total. The van der Waals surface area contributed by atoms with Crippen LogP contribution in [0.2, 0.25) is 0 Å². The van der Waals surface area contributed by atoms with Gasteiger partial charge in [-0.25, -0.2) is 0 Å². The summed E-state index contributed by atoms with van der Waals surface area (Å²) in [5.41, 5.74) is 5.88. The maximum atomic E-state index is 2.98. The number of rotatable bonds is 4. The molecule has 0 aromatic carbocycles. The maximum Gasteiger partial charge on any atom is 0.0368 e. The molecule has 0 aromatic rings. The Morgan fingerprint density at radius 1 is 1.45 bits per heavy atom. The smallest absolute Gasteiger partial charge is 0.0368 e. The standard InChI is InChI=1S/C7H16N4/c1-10(2)5-3-6-11-7-4-8-9-11/h4,7-9H,3,5-6H2,1-2H3. The summed E-state index contributed by atoms with van der Waals surface area (Å²) in [7, 11) is 4.18. The molecular weight excluding hydrogens is 140 g/mol. The van der Waals surface area contributed by atoms with Crippen molar-refractivity contribution in [1.29, 1.82) is 0 Å². The Kier molecular flexibility index (Phi) is 3.19. The summed E-state index contributed by atoms with van der Waals surface area (Å²) in [6.07, 6.45) is 5.05. The minimum absolute atomic E-state index is 1.04. The molecule has 1 aliphatic rings. The number of hydrogen-bond donors (Lipinski definition) is 2.